The van der Waals surface area contributed by atoms with Crippen molar-refractivity contribution in [3.8, 4) is 0 Å². The van der Waals surface area contributed by atoms with Gasteiger partial charge in [0.15, 0.2) is 11.5 Å². The maximum Gasteiger partial charge on any atom is 0.278 e. The van der Waals surface area contributed by atoms with Crippen LogP contribution in [0.2, 0.25) is 0 Å². The van der Waals surface area contributed by atoms with Crippen molar-refractivity contribution < 1.29 is 9.59 Å². The van der Waals surface area contributed by atoms with Crippen LogP contribution in [0.15, 0.2) is 36.3 Å². The molecule has 2 aromatic heterocycles. The SMILES string of the molecule is CNC(=O)/C(NC)=C(/C=N)NC(=O)c1nc(N2CCC2)cnc1Nc1cncnc1. The number of hydrogen-bond acceptors (Lipinski definition) is 10. The quantitative estimate of drug-likeness (QED) is 0.292. The topological polar surface area (TPSA) is 161 Å². The summed E-state index contributed by atoms with van der Waals surface area (Å²) in [5, 5.41) is 18.3. The molecule has 0 aliphatic carbocycles. The van der Waals surface area contributed by atoms with E-state index in [4.69, 9.17) is 5.41 Å². The third-order valence-electron chi connectivity index (χ3n) is 4.34. The van der Waals surface area contributed by atoms with Crippen LogP contribution in [0.4, 0.5) is 17.3 Å². The first-order valence-corrected chi connectivity index (χ1v) is 9.17. The monoisotopic (exact) mass is 410 g/mol. The van der Waals surface area contributed by atoms with Gasteiger partial charge in [0.25, 0.3) is 11.8 Å². The summed E-state index contributed by atoms with van der Waals surface area (Å²) in [6.45, 7) is 1.67. The van der Waals surface area contributed by atoms with E-state index < -0.39 is 11.8 Å². The van der Waals surface area contributed by atoms with Gasteiger partial charge in [-0.1, -0.05) is 0 Å². The maximum atomic E-state index is 13.0. The molecular formula is C18H22N10O2. The lowest BCUT2D eigenvalue weighted by molar-refractivity contribution is -0.117. The highest BCUT2D eigenvalue weighted by Crippen LogP contribution is 2.22. The minimum absolute atomic E-state index is 0.00741. The van der Waals surface area contributed by atoms with Gasteiger partial charge in [0.1, 0.15) is 17.8 Å². The number of hydrogen-bond donors (Lipinski definition) is 5. The minimum atomic E-state index is -0.626. The van der Waals surface area contributed by atoms with Gasteiger partial charge in [-0.15, -0.1) is 0 Å². The molecule has 12 heteroatoms. The first-order chi connectivity index (χ1) is 14.6. The maximum absolute atomic E-state index is 13.0. The highest BCUT2D eigenvalue weighted by molar-refractivity contribution is 6.05. The number of carbonyl (C=O) groups is 2. The summed E-state index contributed by atoms with van der Waals surface area (Å²) in [6, 6.07) is 0. The predicted molar refractivity (Wildman–Crippen MR) is 111 cm³/mol. The average Bonchev–Trinajstić information content (AvgIpc) is 2.73. The summed E-state index contributed by atoms with van der Waals surface area (Å²) in [5.41, 5.74) is 0.572. The molecule has 1 saturated heterocycles. The molecule has 1 aliphatic heterocycles. The zero-order valence-electron chi connectivity index (χ0n) is 16.6. The fourth-order valence-corrected chi connectivity index (χ4v) is 2.68. The van der Waals surface area contributed by atoms with Gasteiger partial charge in [-0.05, 0) is 6.42 Å². The lowest BCUT2D eigenvalue weighted by atomic mass is 10.2. The lowest BCUT2D eigenvalue weighted by Gasteiger charge is -2.32. The Morgan fingerprint density at radius 3 is 2.43 bits per heavy atom. The number of nitrogens with one attached hydrogen (secondary N) is 5. The Kier molecular flexibility index (Phi) is 6.47. The Labute approximate surface area is 172 Å². The highest BCUT2D eigenvalue weighted by atomic mass is 16.2. The standard InChI is InChI=1S/C18H22N10O2/c1-20-14(17(29)21-2)12(6-19)26-18(30)15-16(25-11-7-22-10-23-8-11)24-9-13(27-15)28-4-3-5-28/h6-10,19-20H,3-5H2,1-2H3,(H,21,29)(H,24,25)(H,26,30)/b14-12+,19-6?. The Hall–Kier alpha value is -4.09. The highest BCUT2D eigenvalue weighted by Gasteiger charge is 2.23. The summed E-state index contributed by atoms with van der Waals surface area (Å²) in [5.74, 6) is -0.334. The molecule has 12 nitrogen and oxygen atoms in total. The number of anilines is 3. The van der Waals surface area contributed by atoms with Crippen LogP contribution in [0.25, 0.3) is 0 Å². The van der Waals surface area contributed by atoms with Crippen LogP contribution in [-0.4, -0.2) is 65.1 Å². The molecule has 1 fully saturated rings. The Bertz CT molecular complexity index is 972. The largest absolute Gasteiger partial charge is 0.382 e. The van der Waals surface area contributed by atoms with Gasteiger partial charge < -0.3 is 31.6 Å². The van der Waals surface area contributed by atoms with Crippen molar-refractivity contribution >= 4 is 35.4 Å². The molecule has 5 N–H and O–H groups in total. The van der Waals surface area contributed by atoms with Crippen molar-refractivity contribution in [2.45, 2.75) is 6.42 Å². The predicted octanol–water partition coefficient (Wildman–Crippen LogP) is -0.223. The van der Waals surface area contributed by atoms with E-state index in [1.807, 2.05) is 4.90 Å². The van der Waals surface area contributed by atoms with Crippen molar-refractivity contribution in [1.82, 2.24) is 35.9 Å². The molecule has 2 amide bonds. The molecule has 0 spiro atoms. The molecule has 0 unspecified atom stereocenters. The van der Waals surface area contributed by atoms with E-state index in [2.05, 4.69) is 41.2 Å². The van der Waals surface area contributed by atoms with Crippen LogP contribution in [0.3, 0.4) is 0 Å². The minimum Gasteiger partial charge on any atom is -0.382 e. The Morgan fingerprint density at radius 1 is 1.13 bits per heavy atom. The van der Waals surface area contributed by atoms with E-state index >= 15 is 0 Å². The van der Waals surface area contributed by atoms with Gasteiger partial charge in [0.05, 0.1) is 30.0 Å². The van der Waals surface area contributed by atoms with Gasteiger partial charge in [0.2, 0.25) is 0 Å². The molecule has 0 atom stereocenters. The van der Waals surface area contributed by atoms with E-state index in [-0.39, 0.29) is 22.9 Å². The molecule has 0 aromatic carbocycles. The zero-order valence-corrected chi connectivity index (χ0v) is 16.6. The Balaban J connectivity index is 1.96. The van der Waals surface area contributed by atoms with E-state index in [0.717, 1.165) is 25.7 Å². The van der Waals surface area contributed by atoms with Crippen LogP contribution >= 0.6 is 0 Å². The summed E-state index contributed by atoms with van der Waals surface area (Å²) in [6.07, 6.45) is 7.96. The number of nitrogens with zero attached hydrogens (tertiary/aromatic N) is 5. The number of carbonyl (C=O) groups excluding carboxylic acids is 2. The molecule has 156 valence electrons. The van der Waals surface area contributed by atoms with Gasteiger partial charge in [0, 0.05) is 33.4 Å². The third-order valence-corrected chi connectivity index (χ3v) is 4.34. The second kappa shape index (κ2) is 9.41. The normalized spacial score (nSPS) is 13.5. The molecule has 3 heterocycles. The van der Waals surface area contributed by atoms with E-state index in [1.165, 1.54) is 32.8 Å². The van der Waals surface area contributed by atoms with Gasteiger partial charge in [-0.3, -0.25) is 9.59 Å². The number of rotatable bonds is 8. The zero-order chi connectivity index (χ0) is 21.5. The molecule has 2 aromatic rings. The van der Waals surface area contributed by atoms with Crippen LogP contribution in [0, 0.1) is 5.41 Å². The van der Waals surface area contributed by atoms with Crippen molar-refractivity contribution in [3.05, 3.63) is 42.0 Å². The van der Waals surface area contributed by atoms with Gasteiger partial charge in [-0.25, -0.2) is 19.9 Å². The molecule has 3 rings (SSSR count). The van der Waals surface area contributed by atoms with E-state index in [1.54, 1.807) is 6.20 Å². The first-order valence-electron chi connectivity index (χ1n) is 9.17. The second-order valence-electron chi connectivity index (χ2n) is 6.23. The molecule has 1 aliphatic rings. The summed E-state index contributed by atoms with van der Waals surface area (Å²) in [4.78, 5) is 43.7. The van der Waals surface area contributed by atoms with Crippen molar-refractivity contribution in [1.29, 1.82) is 5.41 Å². The van der Waals surface area contributed by atoms with Crippen molar-refractivity contribution in [3.63, 3.8) is 0 Å². The third kappa shape index (κ3) is 4.48. The van der Waals surface area contributed by atoms with Gasteiger partial charge in [-0.2, -0.15) is 0 Å². The fourth-order valence-electron chi connectivity index (χ4n) is 2.68. The van der Waals surface area contributed by atoms with E-state index in [0.29, 0.717) is 11.5 Å². The van der Waals surface area contributed by atoms with Gasteiger partial charge >= 0.3 is 0 Å². The summed E-state index contributed by atoms with van der Waals surface area (Å²) < 4.78 is 0. The smallest absolute Gasteiger partial charge is 0.278 e. The number of likely N-dealkylation sites (N-methyl/N-ethyl adjacent to an activating group) is 2. The van der Waals surface area contributed by atoms with Crippen molar-refractivity contribution in [2.24, 2.45) is 0 Å². The van der Waals surface area contributed by atoms with Crippen LogP contribution in [0.5, 0.6) is 0 Å². The summed E-state index contributed by atoms with van der Waals surface area (Å²) in [7, 11) is 2.97. The summed E-state index contributed by atoms with van der Waals surface area (Å²) >= 11 is 0. The van der Waals surface area contributed by atoms with Crippen LogP contribution < -0.4 is 26.2 Å². The molecule has 0 radical (unpaired) electrons. The first kappa shape index (κ1) is 20.6. The van der Waals surface area contributed by atoms with Crippen LogP contribution in [0.1, 0.15) is 16.9 Å². The second-order valence-corrected chi connectivity index (χ2v) is 6.23. The van der Waals surface area contributed by atoms with Crippen LogP contribution in [-0.2, 0) is 4.79 Å². The number of aromatic nitrogens is 4. The fraction of sp³-hybridized carbons (Fsp3) is 0.278. The average molecular weight is 410 g/mol. The molecule has 0 bridgehead atoms. The molecule has 0 saturated carbocycles. The Morgan fingerprint density at radius 2 is 1.87 bits per heavy atom. The van der Waals surface area contributed by atoms with E-state index in [9.17, 15) is 9.59 Å². The van der Waals surface area contributed by atoms with Crippen molar-refractivity contribution in [2.75, 3.05) is 37.4 Å². The lowest BCUT2D eigenvalue weighted by Crippen LogP contribution is -2.38. The number of amides is 2. The molecule has 30 heavy (non-hydrogen) atoms. The molecular weight excluding hydrogens is 388 g/mol. The number of allylic oxidation sites excluding steroid dienone is 1.